The summed E-state index contributed by atoms with van der Waals surface area (Å²) in [6.45, 7) is 7.02. The van der Waals surface area contributed by atoms with Crippen molar-refractivity contribution < 1.29 is 14.9 Å². The van der Waals surface area contributed by atoms with E-state index in [-0.39, 0.29) is 29.6 Å². The quantitative estimate of drug-likeness (QED) is 0.629. The summed E-state index contributed by atoms with van der Waals surface area (Å²) in [5.41, 5.74) is 1.98. The van der Waals surface area contributed by atoms with Gasteiger partial charge in [0.15, 0.2) is 5.78 Å². The number of allylic oxidation sites excluding steroid dienone is 4. The van der Waals surface area contributed by atoms with Crippen LogP contribution in [-0.2, 0) is 9.59 Å². The van der Waals surface area contributed by atoms with Gasteiger partial charge < -0.3 is 15.5 Å². The minimum absolute atomic E-state index is 0.00983. The first-order valence-corrected chi connectivity index (χ1v) is 13.9. The van der Waals surface area contributed by atoms with Crippen molar-refractivity contribution in [1.82, 2.24) is 10.2 Å². The Kier molecular flexibility index (Phi) is 5.55. The number of fused-ring (bicyclic) bond motifs is 5. The number of carbonyl (C=O) groups excluding carboxylic acids is 2. The van der Waals surface area contributed by atoms with E-state index in [0.717, 1.165) is 43.2 Å². The largest absolute Gasteiger partial charge is 0.349 e. The average Bonchev–Trinajstić information content (AvgIpc) is 2.82. The molecule has 1 amide bonds. The van der Waals surface area contributed by atoms with Crippen molar-refractivity contribution in [2.24, 2.45) is 29.1 Å². The van der Waals surface area contributed by atoms with Crippen LogP contribution in [0, 0.1) is 29.1 Å². The fourth-order valence-electron chi connectivity index (χ4n) is 8.56. The minimum atomic E-state index is -0.228. The van der Waals surface area contributed by atoms with Crippen LogP contribution < -0.4 is 10.6 Å². The molecule has 6 aliphatic rings. The van der Waals surface area contributed by atoms with E-state index >= 15 is 0 Å². The Balaban J connectivity index is 1.22. The van der Waals surface area contributed by atoms with E-state index in [2.05, 4.69) is 54.5 Å². The number of quaternary nitrogens is 1. The molecule has 0 radical (unpaired) electrons. The van der Waals surface area contributed by atoms with Crippen molar-refractivity contribution in [2.75, 3.05) is 0 Å². The van der Waals surface area contributed by atoms with E-state index in [1.807, 2.05) is 6.20 Å². The van der Waals surface area contributed by atoms with Crippen LogP contribution in [0.25, 0.3) is 0 Å². The second-order valence-electron chi connectivity index (χ2n) is 12.6. The van der Waals surface area contributed by atoms with Gasteiger partial charge in [0.2, 0.25) is 0 Å². The Morgan fingerprint density at radius 3 is 2.71 bits per heavy atom. The van der Waals surface area contributed by atoms with Crippen LogP contribution in [0.2, 0.25) is 0 Å². The van der Waals surface area contributed by atoms with Crippen molar-refractivity contribution in [3.8, 4) is 0 Å². The maximum absolute atomic E-state index is 13.6. The lowest BCUT2D eigenvalue weighted by molar-refractivity contribution is -0.757. The Hall–Kier alpha value is -1.88. The Morgan fingerprint density at radius 2 is 1.94 bits per heavy atom. The maximum Gasteiger partial charge on any atom is 0.256 e. The highest BCUT2D eigenvalue weighted by Crippen LogP contribution is 2.58. The van der Waals surface area contributed by atoms with Gasteiger partial charge in [0.25, 0.3) is 5.91 Å². The van der Waals surface area contributed by atoms with Gasteiger partial charge in [-0.15, -0.1) is 0 Å². The molecule has 7 unspecified atom stereocenters. The number of piperidine rings is 2. The van der Waals surface area contributed by atoms with E-state index in [0.29, 0.717) is 29.1 Å². The van der Waals surface area contributed by atoms with Crippen LogP contribution >= 0.6 is 0 Å². The third kappa shape index (κ3) is 3.53. The first-order chi connectivity index (χ1) is 16.3. The Labute approximate surface area is 204 Å². The summed E-state index contributed by atoms with van der Waals surface area (Å²) >= 11 is 0. The second kappa shape index (κ2) is 8.36. The average molecular weight is 465 g/mol. The molecule has 5 heteroatoms. The first-order valence-electron chi connectivity index (χ1n) is 13.9. The Bertz CT molecular complexity index is 960. The summed E-state index contributed by atoms with van der Waals surface area (Å²) < 4.78 is 0. The van der Waals surface area contributed by atoms with Gasteiger partial charge in [-0.3, -0.25) is 9.59 Å². The number of Topliss-reactive ketones (excluding diaryl/α,β-unsaturated/α-hetero) is 1. The van der Waals surface area contributed by atoms with Crippen molar-refractivity contribution in [2.45, 2.75) is 103 Å². The lowest BCUT2D eigenvalue weighted by Gasteiger charge is -2.61. The third-order valence-corrected chi connectivity index (χ3v) is 10.7. The molecule has 8 atom stereocenters. The molecule has 2 saturated carbocycles. The molecule has 184 valence electrons. The molecule has 34 heavy (non-hydrogen) atoms. The summed E-state index contributed by atoms with van der Waals surface area (Å²) in [4.78, 5) is 29.5. The first kappa shape index (κ1) is 22.6. The van der Waals surface area contributed by atoms with Crippen LogP contribution in [-0.4, -0.2) is 40.8 Å². The summed E-state index contributed by atoms with van der Waals surface area (Å²) in [7, 11) is 0. The van der Waals surface area contributed by atoms with Crippen molar-refractivity contribution in [3.63, 3.8) is 0 Å². The highest BCUT2D eigenvalue weighted by atomic mass is 16.2. The normalized spacial score (nSPS) is 43.8. The van der Waals surface area contributed by atoms with Crippen LogP contribution in [0.3, 0.4) is 0 Å². The Morgan fingerprint density at radius 1 is 1.15 bits per heavy atom. The maximum atomic E-state index is 13.6. The molecule has 2 bridgehead atoms. The van der Waals surface area contributed by atoms with Gasteiger partial charge in [0.05, 0.1) is 23.6 Å². The number of hydrogen-bond acceptors (Lipinski definition) is 3. The zero-order chi connectivity index (χ0) is 23.6. The highest BCUT2D eigenvalue weighted by molar-refractivity contribution is 6.21. The summed E-state index contributed by atoms with van der Waals surface area (Å²) in [5.74, 6) is 1.37. The van der Waals surface area contributed by atoms with Crippen LogP contribution in [0.15, 0.2) is 35.7 Å². The van der Waals surface area contributed by atoms with Crippen LogP contribution in [0.5, 0.6) is 0 Å². The highest BCUT2D eigenvalue weighted by Gasteiger charge is 2.60. The lowest BCUT2D eigenvalue weighted by atomic mass is 9.47. The number of nitrogens with zero attached hydrogens (tertiary/aromatic N) is 1. The number of carbonyl (C=O) groups is 2. The van der Waals surface area contributed by atoms with E-state index in [9.17, 15) is 9.59 Å². The zero-order valence-corrected chi connectivity index (χ0v) is 21.1. The van der Waals surface area contributed by atoms with Gasteiger partial charge in [0, 0.05) is 49.2 Å². The number of amides is 1. The fourth-order valence-corrected chi connectivity index (χ4v) is 8.56. The fraction of sp³-hybridized carbons (Fsp3) is 0.724. The standard InChI is InChI=1S/C29H41N3O2/c1-17-8-7-11-25-26(17)27(33)22(16-32(25)21-9-5-4-6-10-21)28(34)31-19-13-20-15-29(3)18(2)12-23(29)24(14-19)30-20/h7-8,11,16-21,23-24,26,30H,4-6,9-10,12-15H2,1-3H3,(H,31,34)/p+1/t17?,18?,19?,20?,23-,24?,26?,29?/m0/s1. The van der Waals surface area contributed by atoms with Gasteiger partial charge in [-0.05, 0) is 42.6 Å². The molecule has 0 aromatic carbocycles. The molecule has 6 rings (SSSR count). The monoisotopic (exact) mass is 464 g/mol. The number of nitrogens with one attached hydrogen (secondary N) is 1. The number of hydrogen-bond donors (Lipinski definition) is 2. The molecule has 3 aliphatic carbocycles. The molecule has 3 N–H and O–H groups in total. The van der Waals surface area contributed by atoms with Crippen molar-refractivity contribution in [1.29, 1.82) is 0 Å². The zero-order valence-electron chi connectivity index (χ0n) is 21.1. The van der Waals surface area contributed by atoms with E-state index in [1.165, 1.54) is 32.1 Å². The minimum Gasteiger partial charge on any atom is -0.349 e. The molecular weight excluding hydrogens is 422 g/mol. The molecule has 4 fully saturated rings. The smallest absolute Gasteiger partial charge is 0.256 e. The summed E-state index contributed by atoms with van der Waals surface area (Å²) in [5, 5.41) is 5.95. The predicted molar refractivity (Wildman–Crippen MR) is 132 cm³/mol. The van der Waals surface area contributed by atoms with Crippen molar-refractivity contribution in [3.05, 3.63) is 35.7 Å². The van der Waals surface area contributed by atoms with E-state index < -0.39 is 0 Å². The summed E-state index contributed by atoms with van der Waals surface area (Å²) in [6, 6.07) is 1.80. The lowest BCUT2D eigenvalue weighted by Crippen LogP contribution is -3.03. The summed E-state index contributed by atoms with van der Waals surface area (Å²) in [6.07, 6.45) is 18.9. The molecule has 2 saturated heterocycles. The molecule has 0 spiro atoms. The van der Waals surface area contributed by atoms with Gasteiger partial charge in [-0.25, -0.2) is 0 Å². The van der Waals surface area contributed by atoms with Crippen LogP contribution in [0.4, 0.5) is 0 Å². The van der Waals surface area contributed by atoms with Gasteiger partial charge in [0.1, 0.15) is 0 Å². The second-order valence-corrected chi connectivity index (χ2v) is 12.6. The van der Waals surface area contributed by atoms with Crippen LogP contribution in [0.1, 0.15) is 78.6 Å². The van der Waals surface area contributed by atoms with Gasteiger partial charge in [-0.1, -0.05) is 52.2 Å². The number of nitrogens with two attached hydrogens (primary N) is 1. The topological polar surface area (TPSA) is 66.0 Å². The molecule has 0 aromatic rings. The van der Waals surface area contributed by atoms with Gasteiger partial charge in [-0.2, -0.15) is 0 Å². The number of rotatable bonds is 3. The third-order valence-electron chi connectivity index (χ3n) is 10.7. The molecule has 5 nitrogen and oxygen atoms in total. The SMILES string of the molecule is CC1C=CC=C2C1C(=O)C(C(=O)NC1CC3CC4(C)C(C)C[C@H]4C(C1)[NH2+]3)=CN2C1CCCCC1. The van der Waals surface area contributed by atoms with Crippen molar-refractivity contribution >= 4 is 11.7 Å². The molecular formula is C29H42N3O2+. The van der Waals surface area contributed by atoms with E-state index in [4.69, 9.17) is 0 Å². The predicted octanol–water partition coefficient (Wildman–Crippen LogP) is 3.44. The van der Waals surface area contributed by atoms with E-state index in [1.54, 1.807) is 0 Å². The molecule has 3 aliphatic heterocycles. The van der Waals surface area contributed by atoms with Gasteiger partial charge >= 0.3 is 0 Å². The number of ketones is 1. The molecule has 0 aromatic heterocycles. The molecule has 3 heterocycles.